The highest BCUT2D eigenvalue weighted by molar-refractivity contribution is 5.98. The van der Waals surface area contributed by atoms with E-state index in [-0.39, 0.29) is 12.5 Å². The Morgan fingerprint density at radius 3 is 2.55 bits per heavy atom. The standard InChI is InChI=1S/C33H27N5O4/c1-20(21-9-5-4-6-10-21)37-41-18-28-35-32-31-29(23-14-15-25(39-2)27(17-23)40-3)30-24-12-8-7-11-22(24)13-16-26(30)42-33(31)34-19-38(32)36-28/h4-17,19,29H,18H2,1-3H3/b37-20+/t29-/m0/s1. The van der Waals surface area contributed by atoms with Gasteiger partial charge >= 0.3 is 0 Å². The summed E-state index contributed by atoms with van der Waals surface area (Å²) in [5.74, 6) is 2.70. The van der Waals surface area contributed by atoms with Gasteiger partial charge in [-0.15, -0.1) is 5.10 Å². The Kier molecular flexibility index (Phi) is 6.39. The lowest BCUT2D eigenvalue weighted by atomic mass is 9.81. The van der Waals surface area contributed by atoms with Crippen molar-refractivity contribution in [3.63, 3.8) is 0 Å². The summed E-state index contributed by atoms with van der Waals surface area (Å²) in [6.45, 7) is 2.00. The maximum absolute atomic E-state index is 6.42. The van der Waals surface area contributed by atoms with E-state index in [1.165, 1.54) is 0 Å². The number of oxime groups is 1. The summed E-state index contributed by atoms with van der Waals surface area (Å²) < 4.78 is 19.3. The van der Waals surface area contributed by atoms with Crippen LogP contribution in [-0.4, -0.2) is 39.5 Å². The lowest BCUT2D eigenvalue weighted by molar-refractivity contribution is 0.125. The van der Waals surface area contributed by atoms with E-state index in [1.807, 2.05) is 73.7 Å². The number of hydrogen-bond acceptors (Lipinski definition) is 8. The molecule has 3 heterocycles. The molecule has 6 aromatic rings. The van der Waals surface area contributed by atoms with Crippen LogP contribution in [-0.2, 0) is 11.4 Å². The summed E-state index contributed by atoms with van der Waals surface area (Å²) in [5, 5.41) is 11.1. The molecule has 0 bridgehead atoms. The van der Waals surface area contributed by atoms with Gasteiger partial charge < -0.3 is 19.0 Å². The van der Waals surface area contributed by atoms with E-state index in [2.05, 4.69) is 33.4 Å². The monoisotopic (exact) mass is 557 g/mol. The van der Waals surface area contributed by atoms with Crippen molar-refractivity contribution >= 4 is 22.1 Å². The highest BCUT2D eigenvalue weighted by Crippen LogP contribution is 2.51. The Morgan fingerprint density at radius 2 is 1.71 bits per heavy atom. The van der Waals surface area contributed by atoms with Gasteiger partial charge in [0.25, 0.3) is 0 Å². The van der Waals surface area contributed by atoms with Gasteiger partial charge in [-0.25, -0.2) is 14.5 Å². The van der Waals surface area contributed by atoms with Crippen LogP contribution in [0.3, 0.4) is 0 Å². The zero-order valence-corrected chi connectivity index (χ0v) is 23.3. The third kappa shape index (κ3) is 4.35. The number of rotatable bonds is 7. The second-order valence-corrected chi connectivity index (χ2v) is 9.92. The third-order valence-corrected chi connectivity index (χ3v) is 7.47. The first-order valence-electron chi connectivity index (χ1n) is 13.5. The molecule has 7 rings (SSSR count). The Balaban J connectivity index is 1.36. The SMILES string of the molecule is COc1ccc([C@H]2c3c(ccc4ccccc34)Oc3ncn4nc(CO/N=C(\C)c5ccccc5)nc4c32)cc1OC. The van der Waals surface area contributed by atoms with Crippen LogP contribution in [0.5, 0.6) is 23.1 Å². The molecule has 0 N–H and O–H groups in total. The van der Waals surface area contributed by atoms with Gasteiger partial charge in [0.05, 0.1) is 25.5 Å². The van der Waals surface area contributed by atoms with Crippen LogP contribution >= 0.6 is 0 Å². The van der Waals surface area contributed by atoms with Crippen molar-refractivity contribution in [1.82, 2.24) is 19.6 Å². The fraction of sp³-hybridized carbons (Fsp3) is 0.152. The van der Waals surface area contributed by atoms with Crippen LogP contribution in [0.4, 0.5) is 0 Å². The average Bonchev–Trinajstić information content (AvgIpc) is 3.47. The lowest BCUT2D eigenvalue weighted by Crippen LogP contribution is -2.15. The average molecular weight is 558 g/mol. The molecular weight excluding hydrogens is 530 g/mol. The van der Waals surface area contributed by atoms with Crippen LogP contribution in [0.25, 0.3) is 16.4 Å². The first-order valence-corrected chi connectivity index (χ1v) is 13.5. The molecule has 208 valence electrons. The van der Waals surface area contributed by atoms with Gasteiger partial charge in [0.1, 0.15) is 12.1 Å². The summed E-state index contributed by atoms with van der Waals surface area (Å²) in [7, 11) is 3.26. The molecule has 0 unspecified atom stereocenters. The quantitative estimate of drug-likeness (QED) is 0.163. The highest BCUT2D eigenvalue weighted by Gasteiger charge is 2.35. The zero-order valence-electron chi connectivity index (χ0n) is 23.3. The van der Waals surface area contributed by atoms with E-state index in [1.54, 1.807) is 25.1 Å². The predicted octanol–water partition coefficient (Wildman–Crippen LogP) is 6.52. The molecule has 9 heteroatoms. The van der Waals surface area contributed by atoms with E-state index in [4.69, 9.17) is 24.0 Å². The molecule has 2 aromatic heterocycles. The largest absolute Gasteiger partial charge is 0.493 e. The minimum absolute atomic E-state index is 0.0992. The van der Waals surface area contributed by atoms with Crippen LogP contribution in [0.2, 0.25) is 0 Å². The van der Waals surface area contributed by atoms with Crippen LogP contribution in [0, 0.1) is 0 Å². The van der Waals surface area contributed by atoms with Gasteiger partial charge in [-0.1, -0.05) is 71.9 Å². The predicted molar refractivity (Wildman–Crippen MR) is 159 cm³/mol. The molecule has 1 aliphatic rings. The van der Waals surface area contributed by atoms with E-state index in [0.717, 1.165) is 44.5 Å². The molecule has 0 saturated heterocycles. The van der Waals surface area contributed by atoms with Gasteiger partial charge in [0.2, 0.25) is 5.88 Å². The Bertz CT molecular complexity index is 1970. The molecule has 42 heavy (non-hydrogen) atoms. The Hall–Kier alpha value is -5.44. The second-order valence-electron chi connectivity index (χ2n) is 9.92. The molecule has 1 atom stereocenters. The van der Waals surface area contributed by atoms with E-state index in [0.29, 0.717) is 28.9 Å². The normalized spacial score (nSPS) is 14.3. The first kappa shape index (κ1) is 25.5. The summed E-state index contributed by atoms with van der Waals surface area (Å²) >= 11 is 0. The number of methoxy groups -OCH3 is 2. The number of aromatic nitrogens is 4. The Labute approximate surface area is 242 Å². The molecule has 0 amide bonds. The number of hydrogen-bond donors (Lipinski definition) is 0. The summed E-state index contributed by atoms with van der Waals surface area (Å²) in [4.78, 5) is 15.2. The third-order valence-electron chi connectivity index (χ3n) is 7.47. The molecule has 9 nitrogen and oxygen atoms in total. The summed E-state index contributed by atoms with van der Waals surface area (Å²) in [5.41, 5.74) is 5.18. The fourth-order valence-electron chi connectivity index (χ4n) is 5.49. The van der Waals surface area contributed by atoms with Gasteiger partial charge in [0, 0.05) is 11.5 Å². The molecule has 0 aliphatic carbocycles. The van der Waals surface area contributed by atoms with Gasteiger partial charge in [0.15, 0.2) is 29.6 Å². The van der Waals surface area contributed by atoms with Crippen molar-refractivity contribution in [2.24, 2.45) is 5.16 Å². The topological polar surface area (TPSA) is 92.4 Å². The fourth-order valence-corrected chi connectivity index (χ4v) is 5.49. The molecule has 0 spiro atoms. The highest BCUT2D eigenvalue weighted by atomic mass is 16.6. The van der Waals surface area contributed by atoms with Crippen molar-refractivity contribution in [2.75, 3.05) is 14.2 Å². The maximum Gasteiger partial charge on any atom is 0.228 e. The molecule has 1 aliphatic heterocycles. The molecule has 4 aromatic carbocycles. The van der Waals surface area contributed by atoms with Crippen molar-refractivity contribution in [3.05, 3.63) is 119 Å². The van der Waals surface area contributed by atoms with Crippen molar-refractivity contribution in [2.45, 2.75) is 19.4 Å². The number of fused-ring (bicyclic) bond motifs is 6. The van der Waals surface area contributed by atoms with Crippen LogP contribution in [0.1, 0.15) is 40.9 Å². The minimum Gasteiger partial charge on any atom is -0.493 e. The van der Waals surface area contributed by atoms with Gasteiger partial charge in [-0.2, -0.15) is 0 Å². The smallest absolute Gasteiger partial charge is 0.228 e. The van der Waals surface area contributed by atoms with Gasteiger partial charge in [-0.05, 0) is 47.0 Å². The van der Waals surface area contributed by atoms with Crippen LogP contribution in [0.15, 0.2) is 96.4 Å². The lowest BCUT2D eigenvalue weighted by Gasteiger charge is -2.29. The second kappa shape index (κ2) is 10.5. The summed E-state index contributed by atoms with van der Waals surface area (Å²) in [6.07, 6.45) is 1.61. The van der Waals surface area contributed by atoms with E-state index >= 15 is 0 Å². The van der Waals surface area contributed by atoms with E-state index in [9.17, 15) is 0 Å². The van der Waals surface area contributed by atoms with Crippen molar-refractivity contribution in [3.8, 4) is 23.1 Å². The molecular formula is C33H27N5O4. The minimum atomic E-state index is -0.276. The molecule has 0 fully saturated rings. The van der Waals surface area contributed by atoms with E-state index < -0.39 is 0 Å². The number of benzene rings is 4. The summed E-state index contributed by atoms with van der Waals surface area (Å²) in [6, 6.07) is 28.1. The zero-order chi connectivity index (χ0) is 28.6. The Morgan fingerprint density at radius 1 is 0.905 bits per heavy atom. The number of ether oxygens (including phenoxy) is 3. The van der Waals surface area contributed by atoms with Crippen molar-refractivity contribution < 1.29 is 19.0 Å². The molecule has 0 radical (unpaired) electrons. The number of nitrogens with zero attached hydrogens (tertiary/aromatic N) is 5. The maximum atomic E-state index is 6.42. The van der Waals surface area contributed by atoms with Crippen LogP contribution < -0.4 is 14.2 Å². The first-order chi connectivity index (χ1) is 20.6. The van der Waals surface area contributed by atoms with Gasteiger partial charge in [-0.3, -0.25) is 0 Å². The van der Waals surface area contributed by atoms with Crippen molar-refractivity contribution in [1.29, 1.82) is 0 Å². The molecule has 0 saturated carbocycles.